The summed E-state index contributed by atoms with van der Waals surface area (Å²) in [6.45, 7) is 5.12. The van der Waals surface area contributed by atoms with E-state index in [4.69, 9.17) is 0 Å². The second-order valence-corrected chi connectivity index (χ2v) is 8.24. The number of hydrogen-bond donors (Lipinski definition) is 1. The van der Waals surface area contributed by atoms with Gasteiger partial charge in [-0.3, -0.25) is 4.79 Å². The first-order chi connectivity index (χ1) is 13.8. The zero-order valence-electron chi connectivity index (χ0n) is 17.2. The number of halogens is 1. The van der Waals surface area contributed by atoms with Gasteiger partial charge in [0.1, 0.15) is 11.5 Å². The molecule has 152 valence electrons. The van der Waals surface area contributed by atoms with Gasteiger partial charge in [-0.2, -0.15) is 0 Å². The average molecular weight is 394 g/mol. The van der Waals surface area contributed by atoms with Crippen LogP contribution >= 0.6 is 0 Å². The van der Waals surface area contributed by atoms with Gasteiger partial charge in [-0.15, -0.1) is 0 Å². The number of hydrogen-bond acceptors (Lipinski definition) is 2. The number of aliphatic hydroxyl groups is 1. The second-order valence-electron chi connectivity index (χ2n) is 8.24. The zero-order chi connectivity index (χ0) is 20.8. The molecule has 4 rings (SSSR count). The van der Waals surface area contributed by atoms with Crippen molar-refractivity contribution in [1.29, 1.82) is 0 Å². The van der Waals surface area contributed by atoms with Crippen LogP contribution < -0.4 is 0 Å². The molecule has 3 aromatic rings. The topological polar surface area (TPSA) is 45.5 Å². The lowest BCUT2D eigenvalue weighted by molar-refractivity contribution is 0.0211. The molecule has 1 atom stereocenters. The molecule has 2 heterocycles. The molecule has 1 saturated heterocycles. The Balaban J connectivity index is 1.61. The Hall–Kier alpha value is -2.66. The van der Waals surface area contributed by atoms with Crippen LogP contribution in [-0.2, 0) is 12.6 Å². The fraction of sp³-hybridized carbons (Fsp3) is 0.375. The first-order valence-corrected chi connectivity index (χ1v) is 10.1. The van der Waals surface area contributed by atoms with Crippen molar-refractivity contribution in [3.8, 4) is 0 Å². The molecule has 1 aliphatic rings. The van der Waals surface area contributed by atoms with Gasteiger partial charge in [-0.25, -0.2) is 4.39 Å². The second kappa shape index (κ2) is 7.30. The monoisotopic (exact) mass is 394 g/mol. The summed E-state index contributed by atoms with van der Waals surface area (Å²) in [6.07, 6.45) is 1.68. The van der Waals surface area contributed by atoms with Gasteiger partial charge in [0.05, 0.1) is 5.60 Å². The highest BCUT2D eigenvalue weighted by atomic mass is 19.1. The number of benzene rings is 2. The molecule has 0 bridgehead atoms. The molecular formula is C24H27FN2O2. The third kappa shape index (κ3) is 3.44. The minimum Gasteiger partial charge on any atom is -0.385 e. The number of likely N-dealkylation sites (tertiary alicyclic amines) is 1. The molecule has 0 radical (unpaired) electrons. The van der Waals surface area contributed by atoms with E-state index in [0.29, 0.717) is 43.6 Å². The van der Waals surface area contributed by atoms with E-state index in [9.17, 15) is 14.3 Å². The Kier molecular flexibility index (Phi) is 4.95. The Morgan fingerprint density at radius 3 is 2.52 bits per heavy atom. The number of fused-ring (bicyclic) bond motifs is 1. The highest BCUT2D eigenvalue weighted by Crippen LogP contribution is 2.34. The maximum absolute atomic E-state index is 13.4. The molecule has 0 aliphatic carbocycles. The first kappa shape index (κ1) is 19.6. The van der Waals surface area contributed by atoms with E-state index in [1.54, 1.807) is 12.1 Å². The Labute approximate surface area is 170 Å². The summed E-state index contributed by atoms with van der Waals surface area (Å²) in [7, 11) is 1.94. The normalized spacial score (nSPS) is 20.1. The first-order valence-electron chi connectivity index (χ1n) is 10.1. The van der Waals surface area contributed by atoms with Crippen LogP contribution in [0, 0.1) is 19.7 Å². The van der Waals surface area contributed by atoms with Crippen LogP contribution in [0.2, 0.25) is 0 Å². The van der Waals surface area contributed by atoms with Crippen molar-refractivity contribution in [2.75, 3.05) is 13.1 Å². The molecule has 1 aliphatic heterocycles. The number of carbonyl (C=O) groups excluding carboxylic acids is 1. The lowest BCUT2D eigenvalue weighted by atomic mass is 9.87. The summed E-state index contributed by atoms with van der Waals surface area (Å²) in [6, 6.07) is 12.3. The van der Waals surface area contributed by atoms with Gasteiger partial charge >= 0.3 is 0 Å². The van der Waals surface area contributed by atoms with Crippen molar-refractivity contribution in [2.45, 2.75) is 38.7 Å². The van der Waals surface area contributed by atoms with E-state index >= 15 is 0 Å². The van der Waals surface area contributed by atoms with E-state index in [2.05, 4.69) is 25.1 Å². The molecule has 29 heavy (non-hydrogen) atoms. The van der Waals surface area contributed by atoms with Crippen molar-refractivity contribution in [3.63, 3.8) is 0 Å². The summed E-state index contributed by atoms with van der Waals surface area (Å²) in [5, 5.41) is 12.3. The molecule has 4 nitrogen and oxygen atoms in total. The van der Waals surface area contributed by atoms with Crippen LogP contribution in [0.5, 0.6) is 0 Å². The van der Waals surface area contributed by atoms with E-state index in [0.717, 1.165) is 16.5 Å². The number of carbonyl (C=O) groups is 1. The van der Waals surface area contributed by atoms with E-state index < -0.39 is 5.60 Å². The Morgan fingerprint density at radius 2 is 1.79 bits per heavy atom. The smallest absolute Gasteiger partial charge is 0.270 e. The minimum absolute atomic E-state index is 0.00205. The highest BCUT2D eigenvalue weighted by molar-refractivity contribution is 6.01. The maximum Gasteiger partial charge on any atom is 0.270 e. The molecule has 1 aromatic heterocycles. The predicted molar refractivity (Wildman–Crippen MR) is 112 cm³/mol. The van der Waals surface area contributed by atoms with E-state index in [-0.39, 0.29) is 11.7 Å². The third-order valence-electron chi connectivity index (χ3n) is 6.29. The van der Waals surface area contributed by atoms with Crippen LogP contribution in [0.1, 0.15) is 46.4 Å². The maximum atomic E-state index is 13.4. The molecule has 1 N–H and O–H groups in total. The van der Waals surface area contributed by atoms with E-state index in [1.165, 1.54) is 17.7 Å². The Morgan fingerprint density at radius 1 is 1.07 bits per heavy atom. The van der Waals surface area contributed by atoms with Crippen LogP contribution in [-0.4, -0.2) is 33.6 Å². The van der Waals surface area contributed by atoms with E-state index in [1.807, 2.05) is 23.4 Å². The van der Waals surface area contributed by atoms with Crippen molar-refractivity contribution in [3.05, 3.63) is 70.7 Å². The molecule has 1 amide bonds. The van der Waals surface area contributed by atoms with Crippen molar-refractivity contribution in [2.24, 2.45) is 7.05 Å². The van der Waals surface area contributed by atoms with Gasteiger partial charge in [-0.1, -0.05) is 23.8 Å². The number of nitrogens with zero attached hydrogens (tertiary/aromatic N) is 2. The van der Waals surface area contributed by atoms with Gasteiger partial charge in [0.15, 0.2) is 0 Å². The molecule has 0 saturated carbocycles. The number of amides is 1. The average Bonchev–Trinajstić information content (AvgIpc) is 2.83. The van der Waals surface area contributed by atoms with Crippen LogP contribution in [0.25, 0.3) is 10.9 Å². The zero-order valence-corrected chi connectivity index (χ0v) is 17.2. The van der Waals surface area contributed by atoms with Gasteiger partial charge in [-0.05, 0) is 68.5 Å². The van der Waals surface area contributed by atoms with Gasteiger partial charge in [0.2, 0.25) is 0 Å². The van der Waals surface area contributed by atoms with Gasteiger partial charge < -0.3 is 14.6 Å². The predicted octanol–water partition coefficient (Wildman–Crippen LogP) is 4.45. The Bertz CT molecular complexity index is 1070. The van der Waals surface area contributed by atoms with Crippen molar-refractivity contribution in [1.82, 2.24) is 9.47 Å². The fourth-order valence-electron chi connectivity index (χ4n) is 4.57. The molecular weight excluding hydrogens is 367 g/mol. The van der Waals surface area contributed by atoms with Crippen molar-refractivity contribution < 1.29 is 14.3 Å². The largest absolute Gasteiger partial charge is 0.385 e. The van der Waals surface area contributed by atoms with Gasteiger partial charge in [0.25, 0.3) is 5.91 Å². The minimum atomic E-state index is -1.03. The number of aromatic nitrogens is 1. The summed E-state index contributed by atoms with van der Waals surface area (Å²) < 4.78 is 15.2. The molecule has 1 unspecified atom stereocenters. The highest BCUT2D eigenvalue weighted by Gasteiger charge is 2.34. The molecule has 0 spiro atoms. The van der Waals surface area contributed by atoms with Gasteiger partial charge in [0, 0.05) is 31.0 Å². The SMILES string of the molecule is Cc1ccc2c(c1)c(C)c(C(=O)N1CCCC(O)(c3ccc(F)cc3)CC1)n2C. The standard InChI is InChI=1S/C24H27FN2O2/c1-16-5-10-21-20(15-16)17(2)22(26(21)3)23(28)27-13-4-11-24(29,12-14-27)18-6-8-19(25)9-7-18/h5-10,15,29H,4,11-14H2,1-3H3. The van der Waals surface area contributed by atoms with Crippen molar-refractivity contribution >= 4 is 16.8 Å². The molecule has 1 fully saturated rings. The number of aryl methyl sites for hydroxylation is 3. The fourth-order valence-corrected chi connectivity index (χ4v) is 4.57. The molecule has 2 aromatic carbocycles. The quantitative estimate of drug-likeness (QED) is 0.698. The third-order valence-corrected chi connectivity index (χ3v) is 6.29. The summed E-state index contributed by atoms with van der Waals surface area (Å²) >= 11 is 0. The van der Waals surface area contributed by atoms with Crippen LogP contribution in [0.4, 0.5) is 4.39 Å². The van der Waals surface area contributed by atoms with Crippen LogP contribution in [0.15, 0.2) is 42.5 Å². The molecule has 5 heteroatoms. The van der Waals surface area contributed by atoms with Crippen LogP contribution in [0.3, 0.4) is 0 Å². The lowest BCUT2D eigenvalue weighted by Gasteiger charge is -2.27. The summed E-state index contributed by atoms with van der Waals surface area (Å²) in [4.78, 5) is 15.3. The summed E-state index contributed by atoms with van der Waals surface area (Å²) in [5.74, 6) is -0.313. The number of rotatable bonds is 2. The lowest BCUT2D eigenvalue weighted by Crippen LogP contribution is -2.35. The summed E-state index contributed by atoms with van der Waals surface area (Å²) in [5.41, 5.74) is 3.60.